The van der Waals surface area contributed by atoms with Gasteiger partial charge >= 0.3 is 0 Å². The number of carbonyl (C=O) groups is 1. The molecule has 1 aromatic carbocycles. The van der Waals surface area contributed by atoms with Crippen LogP contribution in [-0.2, 0) is 0 Å². The van der Waals surface area contributed by atoms with E-state index in [-0.39, 0.29) is 5.78 Å². The largest absolute Gasteiger partial charge is 0.497 e. The van der Waals surface area contributed by atoms with Gasteiger partial charge in [-0.15, -0.1) is 0 Å². The first-order chi connectivity index (χ1) is 8.20. The van der Waals surface area contributed by atoms with Crippen LogP contribution in [0, 0.1) is 0 Å². The summed E-state index contributed by atoms with van der Waals surface area (Å²) in [6.07, 6.45) is 3.57. The highest BCUT2D eigenvalue weighted by Crippen LogP contribution is 2.27. The monoisotopic (exact) mass is 247 g/mol. The van der Waals surface area contributed by atoms with Crippen molar-refractivity contribution in [2.75, 3.05) is 14.2 Å². The molecule has 1 heterocycles. The number of carbonyl (C=O) groups excluding carboxylic acids is 1. The molecule has 1 aromatic rings. The maximum absolute atomic E-state index is 12.0. The topological polar surface area (TPSA) is 29.5 Å². The number of rotatable bonds is 3. The van der Waals surface area contributed by atoms with Crippen molar-refractivity contribution in [3.05, 3.63) is 52.5 Å². The van der Waals surface area contributed by atoms with Crippen molar-refractivity contribution in [1.82, 2.24) is 4.90 Å². The van der Waals surface area contributed by atoms with E-state index < -0.39 is 0 Å². The van der Waals surface area contributed by atoms with Crippen LogP contribution in [0.3, 0.4) is 0 Å². The highest BCUT2D eigenvalue weighted by atomic mass is 32.2. The average Bonchev–Trinajstić information content (AvgIpc) is 2.75. The molecule has 88 valence electrons. The minimum Gasteiger partial charge on any atom is -0.497 e. The van der Waals surface area contributed by atoms with E-state index >= 15 is 0 Å². The van der Waals surface area contributed by atoms with Crippen molar-refractivity contribution in [3.8, 4) is 5.75 Å². The zero-order chi connectivity index (χ0) is 12.3. The third-order valence-corrected chi connectivity index (χ3v) is 3.36. The number of ketones is 1. The van der Waals surface area contributed by atoms with Gasteiger partial charge in [-0.25, -0.2) is 0 Å². The van der Waals surface area contributed by atoms with Gasteiger partial charge in [0.2, 0.25) is 0 Å². The van der Waals surface area contributed by atoms with E-state index in [1.807, 2.05) is 23.6 Å². The summed E-state index contributed by atoms with van der Waals surface area (Å²) in [7, 11) is 3.53. The van der Waals surface area contributed by atoms with Gasteiger partial charge in [0.15, 0.2) is 5.78 Å². The Balaban J connectivity index is 2.14. The van der Waals surface area contributed by atoms with Crippen molar-refractivity contribution in [2.45, 2.75) is 0 Å². The lowest BCUT2D eigenvalue weighted by Gasteiger charge is -2.09. The number of hydrogen-bond acceptors (Lipinski definition) is 4. The number of ether oxygens (including phenoxy) is 1. The molecule has 1 aliphatic heterocycles. The maximum atomic E-state index is 12.0. The van der Waals surface area contributed by atoms with E-state index in [4.69, 9.17) is 4.74 Å². The van der Waals surface area contributed by atoms with Crippen LogP contribution in [0.2, 0.25) is 0 Å². The normalized spacial score (nSPS) is 16.6. The van der Waals surface area contributed by atoms with Crippen molar-refractivity contribution in [3.63, 3.8) is 0 Å². The minimum absolute atomic E-state index is 0.00528. The number of nitrogens with zero attached hydrogens (tertiary/aromatic N) is 1. The minimum atomic E-state index is 0.00528. The second kappa shape index (κ2) is 5.10. The summed E-state index contributed by atoms with van der Waals surface area (Å²) < 4.78 is 5.05. The Morgan fingerprint density at radius 2 is 2.06 bits per heavy atom. The number of allylic oxidation sites excluding steroid dienone is 1. The lowest BCUT2D eigenvalue weighted by molar-refractivity contribution is 0.104. The van der Waals surface area contributed by atoms with Crippen LogP contribution >= 0.6 is 11.8 Å². The molecule has 0 spiro atoms. The Hall–Kier alpha value is -1.68. The van der Waals surface area contributed by atoms with E-state index in [9.17, 15) is 4.79 Å². The van der Waals surface area contributed by atoms with Crippen molar-refractivity contribution in [2.24, 2.45) is 0 Å². The van der Waals surface area contributed by atoms with E-state index in [0.29, 0.717) is 5.56 Å². The molecule has 0 aliphatic carbocycles. The molecule has 0 atom stereocenters. The molecule has 0 saturated carbocycles. The predicted molar refractivity (Wildman–Crippen MR) is 69.9 cm³/mol. The lowest BCUT2D eigenvalue weighted by Crippen LogP contribution is -2.05. The summed E-state index contributed by atoms with van der Waals surface area (Å²) in [6.45, 7) is 0. The predicted octanol–water partition coefficient (Wildman–Crippen LogP) is 2.87. The molecule has 0 radical (unpaired) electrons. The fraction of sp³-hybridized carbons (Fsp3) is 0.154. The molecule has 2 rings (SSSR count). The summed E-state index contributed by atoms with van der Waals surface area (Å²) in [4.78, 5) is 13.9. The van der Waals surface area contributed by atoms with Crippen LogP contribution in [0.1, 0.15) is 10.4 Å². The SMILES string of the molecule is COc1ccc(C(=O)/C=C2/SC=CN2C)cc1. The summed E-state index contributed by atoms with van der Waals surface area (Å²) in [5.74, 6) is 0.758. The summed E-state index contributed by atoms with van der Waals surface area (Å²) in [5.41, 5.74) is 0.666. The van der Waals surface area contributed by atoms with E-state index in [2.05, 4.69) is 0 Å². The first-order valence-corrected chi connectivity index (χ1v) is 6.05. The zero-order valence-corrected chi connectivity index (χ0v) is 10.5. The molecule has 3 nitrogen and oxygen atoms in total. The highest BCUT2D eigenvalue weighted by molar-refractivity contribution is 8.06. The third-order valence-electron chi connectivity index (χ3n) is 2.45. The van der Waals surface area contributed by atoms with Crippen LogP contribution in [0.25, 0.3) is 0 Å². The van der Waals surface area contributed by atoms with Crippen LogP contribution in [-0.4, -0.2) is 24.8 Å². The van der Waals surface area contributed by atoms with Gasteiger partial charge < -0.3 is 9.64 Å². The first-order valence-electron chi connectivity index (χ1n) is 5.17. The Kier molecular flexibility index (Phi) is 3.54. The quantitative estimate of drug-likeness (QED) is 0.607. The van der Waals surface area contributed by atoms with Crippen LogP contribution in [0.5, 0.6) is 5.75 Å². The zero-order valence-electron chi connectivity index (χ0n) is 9.71. The molecular formula is C13H13NO2S. The van der Waals surface area contributed by atoms with Gasteiger partial charge in [0.1, 0.15) is 5.75 Å². The molecule has 0 fully saturated rings. The summed E-state index contributed by atoms with van der Waals surface area (Å²) in [6, 6.07) is 7.11. The van der Waals surface area contributed by atoms with Crippen LogP contribution in [0.4, 0.5) is 0 Å². The van der Waals surface area contributed by atoms with Gasteiger partial charge in [0.05, 0.1) is 12.1 Å². The Labute approximate surface area is 105 Å². The molecule has 17 heavy (non-hydrogen) atoms. The van der Waals surface area contributed by atoms with E-state index in [1.54, 1.807) is 49.2 Å². The first kappa shape index (κ1) is 11.8. The molecule has 0 saturated heterocycles. The van der Waals surface area contributed by atoms with E-state index in [1.165, 1.54) is 0 Å². The smallest absolute Gasteiger partial charge is 0.188 e. The maximum Gasteiger partial charge on any atom is 0.188 e. The number of thioether (sulfide) groups is 1. The van der Waals surface area contributed by atoms with Crippen molar-refractivity contribution < 1.29 is 9.53 Å². The molecule has 1 aliphatic rings. The van der Waals surface area contributed by atoms with Crippen LogP contribution in [0.15, 0.2) is 47.0 Å². The Bertz CT molecular complexity index is 477. The molecule has 4 heteroatoms. The molecule has 0 N–H and O–H groups in total. The Morgan fingerprint density at radius 1 is 1.35 bits per heavy atom. The second-order valence-electron chi connectivity index (χ2n) is 3.59. The number of methoxy groups -OCH3 is 1. The van der Waals surface area contributed by atoms with Gasteiger partial charge in [-0.3, -0.25) is 4.79 Å². The summed E-state index contributed by atoms with van der Waals surface area (Å²) in [5, 5.41) is 2.89. The van der Waals surface area contributed by atoms with Gasteiger partial charge in [-0.05, 0) is 29.7 Å². The molecule has 0 aromatic heterocycles. The number of hydrogen-bond donors (Lipinski definition) is 0. The third kappa shape index (κ3) is 2.71. The highest BCUT2D eigenvalue weighted by Gasteiger charge is 2.11. The molecule has 0 amide bonds. The van der Waals surface area contributed by atoms with Gasteiger partial charge in [0.25, 0.3) is 0 Å². The number of benzene rings is 1. The fourth-order valence-corrected chi connectivity index (χ4v) is 2.22. The van der Waals surface area contributed by atoms with Gasteiger partial charge in [0, 0.05) is 24.9 Å². The van der Waals surface area contributed by atoms with Gasteiger partial charge in [-0.2, -0.15) is 0 Å². The second-order valence-corrected chi connectivity index (χ2v) is 4.52. The fourth-order valence-electron chi connectivity index (χ4n) is 1.43. The molecule has 0 bridgehead atoms. The molecule has 0 unspecified atom stereocenters. The van der Waals surface area contributed by atoms with Crippen molar-refractivity contribution >= 4 is 17.5 Å². The van der Waals surface area contributed by atoms with Gasteiger partial charge in [-0.1, -0.05) is 11.8 Å². The van der Waals surface area contributed by atoms with E-state index in [0.717, 1.165) is 10.8 Å². The Morgan fingerprint density at radius 3 is 2.59 bits per heavy atom. The lowest BCUT2D eigenvalue weighted by atomic mass is 10.1. The average molecular weight is 247 g/mol. The molecular weight excluding hydrogens is 234 g/mol. The standard InChI is InChI=1S/C13H13NO2S/c1-14-7-8-17-13(14)9-12(15)10-3-5-11(16-2)6-4-10/h3-9H,1-2H3/b13-9+. The summed E-state index contributed by atoms with van der Waals surface area (Å²) >= 11 is 1.54. The van der Waals surface area contributed by atoms with Crippen LogP contribution < -0.4 is 4.74 Å². The van der Waals surface area contributed by atoms with Crippen molar-refractivity contribution in [1.29, 1.82) is 0 Å².